The third kappa shape index (κ3) is 4.19. The highest BCUT2D eigenvalue weighted by Gasteiger charge is 2.08. The van der Waals surface area contributed by atoms with Crippen molar-refractivity contribution in [1.29, 1.82) is 0 Å². The maximum absolute atomic E-state index is 5.83. The van der Waals surface area contributed by atoms with Crippen LogP contribution in [-0.4, -0.2) is 17.6 Å². The first-order valence-corrected chi connectivity index (χ1v) is 6.09. The molecule has 90 valence electrons. The number of nitrogens with zero attached hydrogens (tertiary/aromatic N) is 1. The molecule has 0 spiro atoms. The summed E-state index contributed by atoms with van der Waals surface area (Å²) in [5.41, 5.74) is 1.13. The van der Waals surface area contributed by atoms with Gasteiger partial charge >= 0.3 is 0 Å². The molecule has 0 aliphatic carbocycles. The Labute approximate surface area is 98.2 Å². The topological polar surface area (TPSA) is 34.1 Å². The van der Waals surface area contributed by atoms with Crippen molar-refractivity contribution in [3.8, 4) is 5.88 Å². The van der Waals surface area contributed by atoms with Crippen LogP contribution < -0.4 is 10.1 Å². The lowest BCUT2D eigenvalue weighted by Crippen LogP contribution is -2.17. The Balaban J connectivity index is 2.62. The van der Waals surface area contributed by atoms with Crippen LogP contribution in [0.4, 0.5) is 0 Å². The van der Waals surface area contributed by atoms with Crippen LogP contribution in [0.25, 0.3) is 0 Å². The van der Waals surface area contributed by atoms with Gasteiger partial charge in [-0.05, 0) is 26.0 Å². The Hall–Kier alpha value is -1.09. The Morgan fingerprint density at radius 2 is 2.25 bits per heavy atom. The molecule has 0 fully saturated rings. The molecule has 1 unspecified atom stereocenters. The molecule has 3 nitrogen and oxygen atoms in total. The molecule has 1 aromatic heterocycles. The molecular weight excluding hydrogens is 200 g/mol. The minimum Gasteiger partial charge on any atom is -0.474 e. The Morgan fingerprint density at radius 1 is 1.44 bits per heavy atom. The predicted octanol–water partition coefficient (Wildman–Crippen LogP) is 2.76. The van der Waals surface area contributed by atoms with Gasteiger partial charge in [-0.3, -0.25) is 0 Å². The second-order valence-corrected chi connectivity index (χ2v) is 3.97. The summed E-state index contributed by atoms with van der Waals surface area (Å²) in [4.78, 5) is 4.29. The number of ether oxygens (including phenoxy) is 1. The van der Waals surface area contributed by atoms with Gasteiger partial charge in [0.25, 0.3) is 0 Å². The quantitative estimate of drug-likeness (QED) is 0.770. The van der Waals surface area contributed by atoms with Crippen LogP contribution in [0.2, 0.25) is 0 Å². The van der Waals surface area contributed by atoms with E-state index in [0.717, 1.165) is 37.4 Å². The summed E-state index contributed by atoms with van der Waals surface area (Å²) >= 11 is 0. The van der Waals surface area contributed by atoms with Gasteiger partial charge in [0.2, 0.25) is 5.88 Å². The minimum absolute atomic E-state index is 0.236. The fraction of sp³-hybridized carbons (Fsp3) is 0.615. The molecule has 0 aliphatic rings. The largest absolute Gasteiger partial charge is 0.474 e. The van der Waals surface area contributed by atoms with E-state index in [0.29, 0.717) is 0 Å². The first kappa shape index (κ1) is 13.0. The summed E-state index contributed by atoms with van der Waals surface area (Å²) in [6, 6.07) is 4.01. The summed E-state index contributed by atoms with van der Waals surface area (Å²) < 4.78 is 5.83. The van der Waals surface area contributed by atoms with Gasteiger partial charge in [-0.2, -0.15) is 0 Å². The summed E-state index contributed by atoms with van der Waals surface area (Å²) in [6.07, 6.45) is 4.22. The molecule has 0 saturated carbocycles. The van der Waals surface area contributed by atoms with E-state index in [1.54, 1.807) is 6.20 Å². The first-order chi connectivity index (χ1) is 7.77. The molecule has 3 heteroatoms. The van der Waals surface area contributed by atoms with Gasteiger partial charge in [-0.25, -0.2) is 4.98 Å². The number of nitrogens with one attached hydrogen (secondary N) is 1. The molecule has 0 aromatic carbocycles. The van der Waals surface area contributed by atoms with Crippen LogP contribution in [0.1, 0.15) is 39.2 Å². The third-order valence-corrected chi connectivity index (χ3v) is 2.42. The summed E-state index contributed by atoms with van der Waals surface area (Å²) in [5, 5.41) is 3.29. The van der Waals surface area contributed by atoms with Crippen molar-refractivity contribution >= 4 is 0 Å². The van der Waals surface area contributed by atoms with E-state index < -0.39 is 0 Å². The van der Waals surface area contributed by atoms with E-state index in [1.165, 1.54) is 0 Å². The van der Waals surface area contributed by atoms with Crippen molar-refractivity contribution < 1.29 is 4.74 Å². The molecule has 1 heterocycles. The second-order valence-electron chi connectivity index (χ2n) is 3.97. The van der Waals surface area contributed by atoms with Crippen LogP contribution in [0.5, 0.6) is 5.88 Å². The average Bonchev–Trinajstić information content (AvgIpc) is 2.28. The molecule has 1 atom stereocenters. The zero-order chi connectivity index (χ0) is 11.8. The van der Waals surface area contributed by atoms with Gasteiger partial charge in [-0.15, -0.1) is 0 Å². The number of hydrogen-bond donors (Lipinski definition) is 1. The lowest BCUT2D eigenvalue weighted by Gasteiger charge is -2.15. The molecular formula is C13H22N2O. The van der Waals surface area contributed by atoms with Gasteiger partial charge in [0.1, 0.15) is 0 Å². The molecule has 1 aromatic rings. The molecule has 1 rings (SSSR count). The highest BCUT2D eigenvalue weighted by molar-refractivity contribution is 5.25. The van der Waals surface area contributed by atoms with Crippen LogP contribution in [0.15, 0.2) is 18.3 Å². The number of aromatic nitrogens is 1. The fourth-order valence-electron chi connectivity index (χ4n) is 1.58. The number of hydrogen-bond acceptors (Lipinski definition) is 3. The highest BCUT2D eigenvalue weighted by Crippen LogP contribution is 2.16. The van der Waals surface area contributed by atoms with Crippen LogP contribution in [0.3, 0.4) is 0 Å². The number of pyridine rings is 1. The molecule has 16 heavy (non-hydrogen) atoms. The average molecular weight is 222 g/mol. The fourth-order valence-corrected chi connectivity index (χ4v) is 1.58. The molecule has 0 aliphatic heterocycles. The zero-order valence-corrected chi connectivity index (χ0v) is 10.5. The van der Waals surface area contributed by atoms with E-state index in [2.05, 4.69) is 37.1 Å². The van der Waals surface area contributed by atoms with E-state index in [1.807, 2.05) is 6.07 Å². The maximum atomic E-state index is 5.83. The Morgan fingerprint density at radius 3 is 2.94 bits per heavy atom. The second kappa shape index (κ2) is 7.23. The van der Waals surface area contributed by atoms with E-state index >= 15 is 0 Å². The van der Waals surface area contributed by atoms with Crippen LogP contribution >= 0.6 is 0 Å². The lowest BCUT2D eigenvalue weighted by molar-refractivity contribution is 0.199. The third-order valence-electron chi connectivity index (χ3n) is 2.42. The van der Waals surface area contributed by atoms with Crippen molar-refractivity contribution in [2.75, 3.05) is 6.54 Å². The van der Waals surface area contributed by atoms with Crippen LogP contribution in [0, 0.1) is 0 Å². The van der Waals surface area contributed by atoms with Crippen molar-refractivity contribution in [2.24, 2.45) is 0 Å². The molecule has 0 bridgehead atoms. The lowest BCUT2D eigenvalue weighted by atomic mass is 10.2. The standard InChI is InChI=1S/C13H22N2O/c1-4-7-11(3)16-13-12(10-14-5-2)8-6-9-15-13/h6,8-9,11,14H,4-5,7,10H2,1-3H3. The van der Waals surface area contributed by atoms with E-state index in [9.17, 15) is 0 Å². The smallest absolute Gasteiger partial charge is 0.218 e. The summed E-state index contributed by atoms with van der Waals surface area (Å²) in [6.45, 7) is 8.13. The minimum atomic E-state index is 0.236. The monoisotopic (exact) mass is 222 g/mol. The zero-order valence-electron chi connectivity index (χ0n) is 10.5. The molecule has 0 saturated heterocycles. The van der Waals surface area contributed by atoms with Crippen molar-refractivity contribution in [1.82, 2.24) is 10.3 Å². The number of rotatable bonds is 7. The predicted molar refractivity (Wildman–Crippen MR) is 66.6 cm³/mol. The molecule has 0 amide bonds. The van der Waals surface area contributed by atoms with Crippen LogP contribution in [-0.2, 0) is 6.54 Å². The van der Waals surface area contributed by atoms with Crippen molar-refractivity contribution in [3.05, 3.63) is 23.9 Å². The first-order valence-electron chi connectivity index (χ1n) is 6.09. The van der Waals surface area contributed by atoms with Gasteiger partial charge in [0.05, 0.1) is 6.10 Å². The normalized spacial score (nSPS) is 12.4. The van der Waals surface area contributed by atoms with E-state index in [-0.39, 0.29) is 6.10 Å². The summed E-state index contributed by atoms with van der Waals surface area (Å²) in [7, 11) is 0. The Kier molecular flexibility index (Phi) is 5.86. The highest BCUT2D eigenvalue weighted by atomic mass is 16.5. The van der Waals surface area contributed by atoms with E-state index in [4.69, 9.17) is 4.74 Å². The van der Waals surface area contributed by atoms with Crippen molar-refractivity contribution in [3.63, 3.8) is 0 Å². The SMILES string of the molecule is CCCC(C)Oc1ncccc1CNCC. The van der Waals surface area contributed by atoms with Crippen molar-refractivity contribution in [2.45, 2.75) is 46.3 Å². The molecule has 1 N–H and O–H groups in total. The molecule has 0 radical (unpaired) electrons. The maximum Gasteiger partial charge on any atom is 0.218 e. The summed E-state index contributed by atoms with van der Waals surface area (Å²) in [5.74, 6) is 0.768. The van der Waals surface area contributed by atoms with Gasteiger partial charge in [0, 0.05) is 18.3 Å². The van der Waals surface area contributed by atoms with Gasteiger partial charge < -0.3 is 10.1 Å². The Bertz CT molecular complexity index is 302. The van der Waals surface area contributed by atoms with Gasteiger partial charge in [-0.1, -0.05) is 26.3 Å². The van der Waals surface area contributed by atoms with Gasteiger partial charge in [0.15, 0.2) is 0 Å².